The number of carbonyl (C=O) groups is 2. The predicted octanol–water partition coefficient (Wildman–Crippen LogP) is 2.80. The van der Waals surface area contributed by atoms with E-state index >= 15 is 0 Å². The molecule has 0 bridgehead atoms. The Balaban J connectivity index is 1.38. The van der Waals surface area contributed by atoms with Crippen molar-refractivity contribution >= 4 is 23.2 Å². The summed E-state index contributed by atoms with van der Waals surface area (Å²) in [4.78, 5) is 33.4. The monoisotopic (exact) mass is 369 g/mol. The molecule has 1 unspecified atom stereocenters. The summed E-state index contributed by atoms with van der Waals surface area (Å²) >= 11 is 1.62. The highest BCUT2D eigenvalue weighted by molar-refractivity contribution is 7.14. The molecule has 1 aliphatic heterocycles. The van der Waals surface area contributed by atoms with Gasteiger partial charge in [0.1, 0.15) is 0 Å². The number of carbonyl (C=O) groups excluding carboxylic acids is 2. The number of nitrogens with zero attached hydrogens (tertiary/aromatic N) is 2. The average Bonchev–Trinajstić information content (AvgIpc) is 3.35. The third-order valence-electron chi connectivity index (χ3n) is 5.23. The van der Waals surface area contributed by atoms with Crippen molar-refractivity contribution in [1.29, 1.82) is 0 Å². The molecule has 1 atom stereocenters. The maximum atomic E-state index is 12.6. The van der Waals surface area contributed by atoms with Crippen LogP contribution in [-0.2, 0) is 24.2 Å². The molecule has 5 nitrogen and oxygen atoms in total. The molecule has 0 spiro atoms. The van der Waals surface area contributed by atoms with E-state index in [9.17, 15) is 9.59 Å². The molecule has 0 saturated carbocycles. The van der Waals surface area contributed by atoms with Gasteiger partial charge in [0.15, 0.2) is 0 Å². The molecule has 136 valence electrons. The minimum absolute atomic E-state index is 0.0180. The average molecular weight is 369 g/mol. The van der Waals surface area contributed by atoms with Gasteiger partial charge in [0.25, 0.3) is 5.91 Å². The normalized spacial score (nSPS) is 19.2. The lowest BCUT2D eigenvalue weighted by molar-refractivity contribution is -0.125. The number of hydrogen-bond donors (Lipinski definition) is 1. The summed E-state index contributed by atoms with van der Waals surface area (Å²) in [6, 6.07) is 7.73. The van der Waals surface area contributed by atoms with E-state index in [2.05, 4.69) is 10.3 Å². The molecule has 2 aliphatic rings. The molecule has 1 saturated heterocycles. The molecule has 1 N–H and O–H groups in total. The summed E-state index contributed by atoms with van der Waals surface area (Å²) in [5.41, 5.74) is 2.05. The van der Waals surface area contributed by atoms with Gasteiger partial charge in [-0.05, 0) is 55.9 Å². The van der Waals surface area contributed by atoms with Gasteiger partial charge in [-0.3, -0.25) is 14.6 Å². The maximum Gasteiger partial charge on any atom is 0.263 e. The Morgan fingerprint density at radius 2 is 2.12 bits per heavy atom. The zero-order chi connectivity index (χ0) is 17.9. The molecule has 2 amide bonds. The Morgan fingerprint density at radius 3 is 2.88 bits per heavy atom. The predicted molar refractivity (Wildman–Crippen MR) is 101 cm³/mol. The number of aryl methyl sites for hydroxylation is 1. The van der Waals surface area contributed by atoms with Crippen molar-refractivity contribution in [3.8, 4) is 0 Å². The van der Waals surface area contributed by atoms with E-state index in [4.69, 9.17) is 0 Å². The van der Waals surface area contributed by atoms with Gasteiger partial charge in [0.05, 0.1) is 17.1 Å². The highest BCUT2D eigenvalue weighted by Gasteiger charge is 2.29. The summed E-state index contributed by atoms with van der Waals surface area (Å²) in [7, 11) is 0. The van der Waals surface area contributed by atoms with Crippen LogP contribution in [0, 0.1) is 5.92 Å². The Hall–Kier alpha value is -2.21. The summed E-state index contributed by atoms with van der Waals surface area (Å²) < 4.78 is 0. The summed E-state index contributed by atoms with van der Waals surface area (Å²) in [6.45, 7) is 2.21. The van der Waals surface area contributed by atoms with Crippen LogP contribution in [0.3, 0.4) is 0 Å². The van der Waals surface area contributed by atoms with E-state index in [0.29, 0.717) is 6.54 Å². The number of aromatic nitrogens is 1. The van der Waals surface area contributed by atoms with Crippen LogP contribution in [0.4, 0.5) is 0 Å². The zero-order valence-corrected chi connectivity index (χ0v) is 15.6. The van der Waals surface area contributed by atoms with E-state index < -0.39 is 0 Å². The van der Waals surface area contributed by atoms with Crippen molar-refractivity contribution in [2.75, 3.05) is 13.1 Å². The van der Waals surface area contributed by atoms with E-state index in [0.717, 1.165) is 55.8 Å². The van der Waals surface area contributed by atoms with Crippen molar-refractivity contribution in [3.63, 3.8) is 0 Å². The maximum absolute atomic E-state index is 12.6. The van der Waals surface area contributed by atoms with Crippen LogP contribution < -0.4 is 5.32 Å². The van der Waals surface area contributed by atoms with Gasteiger partial charge in [0.2, 0.25) is 5.91 Å². The van der Waals surface area contributed by atoms with Crippen LogP contribution in [0.2, 0.25) is 0 Å². The summed E-state index contributed by atoms with van der Waals surface area (Å²) in [5, 5.41) is 3.00. The van der Waals surface area contributed by atoms with E-state index in [1.807, 2.05) is 29.2 Å². The number of rotatable bonds is 4. The van der Waals surface area contributed by atoms with Gasteiger partial charge in [-0.15, -0.1) is 11.3 Å². The van der Waals surface area contributed by atoms with Crippen LogP contribution in [-0.4, -0.2) is 34.8 Å². The molecular weight excluding hydrogens is 346 g/mol. The smallest absolute Gasteiger partial charge is 0.263 e. The Kier molecular flexibility index (Phi) is 5.02. The van der Waals surface area contributed by atoms with Crippen LogP contribution in [0.1, 0.15) is 45.1 Å². The van der Waals surface area contributed by atoms with Gasteiger partial charge < -0.3 is 10.2 Å². The van der Waals surface area contributed by atoms with Crippen molar-refractivity contribution in [2.45, 2.75) is 38.6 Å². The molecular formula is C20H23N3O2S. The second-order valence-corrected chi connectivity index (χ2v) is 8.17. The van der Waals surface area contributed by atoms with E-state index in [1.165, 1.54) is 10.4 Å². The Morgan fingerprint density at radius 1 is 1.27 bits per heavy atom. The van der Waals surface area contributed by atoms with Gasteiger partial charge in [-0.1, -0.05) is 6.07 Å². The fraction of sp³-hybridized carbons (Fsp3) is 0.450. The lowest BCUT2D eigenvalue weighted by atomic mass is 9.87. The molecule has 3 heterocycles. The van der Waals surface area contributed by atoms with Crippen LogP contribution >= 0.6 is 11.3 Å². The Bertz CT molecular complexity index is 797. The van der Waals surface area contributed by atoms with Crippen molar-refractivity contribution in [2.24, 2.45) is 5.92 Å². The summed E-state index contributed by atoms with van der Waals surface area (Å²) in [6.07, 6.45) is 6.41. The number of thiophene rings is 1. The molecule has 1 fully saturated rings. The van der Waals surface area contributed by atoms with Crippen molar-refractivity contribution in [1.82, 2.24) is 15.2 Å². The molecule has 0 aromatic carbocycles. The van der Waals surface area contributed by atoms with Gasteiger partial charge in [0, 0.05) is 30.1 Å². The van der Waals surface area contributed by atoms with E-state index in [-0.39, 0.29) is 17.7 Å². The minimum atomic E-state index is -0.0180. The standard InChI is InChI=1S/C20H23N3O2S/c24-19(22-13-16-5-1-2-8-21-16)14-6-7-17-15(11-14)12-18(26-17)20(25)23-9-3-4-10-23/h1-2,5,8,12,14H,3-4,6-7,9-11,13H2,(H,22,24). The third kappa shape index (κ3) is 3.65. The lowest BCUT2D eigenvalue weighted by Crippen LogP contribution is -2.33. The first-order valence-electron chi connectivity index (χ1n) is 9.29. The number of fused-ring (bicyclic) bond motifs is 1. The Labute approximate surface area is 157 Å². The summed E-state index contributed by atoms with van der Waals surface area (Å²) in [5.74, 6) is 0.230. The minimum Gasteiger partial charge on any atom is -0.350 e. The zero-order valence-electron chi connectivity index (χ0n) is 14.7. The first kappa shape index (κ1) is 17.2. The van der Waals surface area contributed by atoms with Gasteiger partial charge in [-0.2, -0.15) is 0 Å². The molecule has 4 rings (SSSR count). The molecule has 26 heavy (non-hydrogen) atoms. The second kappa shape index (κ2) is 7.58. The van der Waals surface area contributed by atoms with Crippen LogP contribution in [0.5, 0.6) is 0 Å². The number of hydrogen-bond acceptors (Lipinski definition) is 4. The first-order valence-corrected chi connectivity index (χ1v) is 10.1. The first-order chi connectivity index (χ1) is 12.7. The third-order valence-corrected chi connectivity index (χ3v) is 6.45. The number of amides is 2. The largest absolute Gasteiger partial charge is 0.350 e. The van der Waals surface area contributed by atoms with Crippen LogP contribution in [0.25, 0.3) is 0 Å². The molecule has 2 aromatic rings. The van der Waals surface area contributed by atoms with Crippen molar-refractivity contribution in [3.05, 3.63) is 51.5 Å². The fourth-order valence-electron chi connectivity index (χ4n) is 3.75. The highest BCUT2D eigenvalue weighted by atomic mass is 32.1. The van der Waals surface area contributed by atoms with Gasteiger partial charge >= 0.3 is 0 Å². The topological polar surface area (TPSA) is 62.3 Å². The quantitative estimate of drug-likeness (QED) is 0.901. The molecule has 6 heteroatoms. The number of likely N-dealkylation sites (tertiary alicyclic amines) is 1. The highest BCUT2D eigenvalue weighted by Crippen LogP contribution is 2.33. The van der Waals surface area contributed by atoms with Crippen molar-refractivity contribution < 1.29 is 9.59 Å². The number of pyridine rings is 1. The second-order valence-electron chi connectivity index (χ2n) is 7.04. The number of nitrogens with one attached hydrogen (secondary N) is 1. The lowest BCUT2D eigenvalue weighted by Gasteiger charge is -2.21. The molecule has 1 aliphatic carbocycles. The molecule has 2 aromatic heterocycles. The fourth-order valence-corrected chi connectivity index (χ4v) is 4.93. The van der Waals surface area contributed by atoms with Crippen LogP contribution in [0.15, 0.2) is 30.5 Å². The molecule has 0 radical (unpaired) electrons. The van der Waals surface area contributed by atoms with E-state index in [1.54, 1.807) is 17.5 Å². The SMILES string of the molecule is O=C(NCc1ccccn1)C1CCc2sc(C(=O)N3CCCC3)cc2C1. The van der Waals surface area contributed by atoms with Gasteiger partial charge in [-0.25, -0.2) is 0 Å².